The van der Waals surface area contributed by atoms with Gasteiger partial charge in [-0.05, 0) is 30.3 Å². The topological polar surface area (TPSA) is 96.0 Å². The van der Waals surface area contributed by atoms with Crippen molar-refractivity contribution in [1.29, 1.82) is 0 Å². The smallest absolute Gasteiger partial charge is 0.340 e. The summed E-state index contributed by atoms with van der Waals surface area (Å²) in [5.74, 6) is -1.37. The van der Waals surface area contributed by atoms with E-state index in [-0.39, 0.29) is 44.2 Å². The minimum atomic E-state index is -0.893. The Labute approximate surface area is 193 Å². The van der Waals surface area contributed by atoms with Crippen LogP contribution in [0.4, 0.5) is 0 Å². The average Bonchev–Trinajstić information content (AvgIpc) is 2.84. The number of methoxy groups -OCH3 is 2. The Morgan fingerprint density at radius 2 is 1.48 bits per heavy atom. The van der Waals surface area contributed by atoms with Crippen molar-refractivity contribution < 1.29 is 33.4 Å². The molecule has 0 N–H and O–H groups in total. The van der Waals surface area contributed by atoms with Gasteiger partial charge in [0, 0.05) is 22.3 Å². The maximum absolute atomic E-state index is 12.9. The Morgan fingerprint density at radius 3 is 2.15 bits per heavy atom. The van der Waals surface area contributed by atoms with E-state index in [1.807, 2.05) is 0 Å². The average molecular weight is 465 g/mol. The number of fused-ring (bicyclic) bond motifs is 2. The van der Waals surface area contributed by atoms with Gasteiger partial charge in [0.05, 0.1) is 30.4 Å². The first-order valence-corrected chi connectivity index (χ1v) is 10.2. The van der Waals surface area contributed by atoms with Crippen LogP contribution >= 0.6 is 11.6 Å². The van der Waals surface area contributed by atoms with Crippen LogP contribution in [-0.4, -0.2) is 44.1 Å². The molecule has 7 nitrogen and oxygen atoms in total. The van der Waals surface area contributed by atoms with Crippen molar-refractivity contribution in [2.24, 2.45) is 0 Å². The van der Waals surface area contributed by atoms with Crippen LogP contribution in [-0.2, 0) is 4.74 Å². The number of Topliss-reactive ketones (excluding diaryl/α,β-unsaturated/α-hetero) is 1. The van der Waals surface area contributed by atoms with Gasteiger partial charge in [0.2, 0.25) is 0 Å². The molecule has 166 valence electrons. The van der Waals surface area contributed by atoms with Gasteiger partial charge in [-0.2, -0.15) is 0 Å². The van der Waals surface area contributed by atoms with Crippen LogP contribution in [0.2, 0.25) is 5.02 Å². The molecule has 0 aliphatic heterocycles. The van der Waals surface area contributed by atoms with E-state index >= 15 is 0 Å². The number of rotatable bonds is 6. The highest BCUT2D eigenvalue weighted by Gasteiger charge is 2.33. The predicted octanol–water partition coefficient (Wildman–Crippen LogP) is 4.17. The zero-order valence-corrected chi connectivity index (χ0v) is 18.4. The fourth-order valence-corrected chi connectivity index (χ4v) is 3.93. The summed E-state index contributed by atoms with van der Waals surface area (Å²) in [4.78, 5) is 50.9. The quantitative estimate of drug-likeness (QED) is 0.312. The molecule has 1 aliphatic carbocycles. The zero-order valence-electron chi connectivity index (χ0n) is 17.6. The molecule has 0 bridgehead atoms. The molecule has 0 spiro atoms. The molecule has 33 heavy (non-hydrogen) atoms. The first kappa shape index (κ1) is 22.2. The number of halogens is 1. The standard InChI is InChI=1S/C25H17ClO7/c1-31-19-10-7-13(11-20(19)32-2)18(27)12-33-25(30)17-9-8-16-21(22(17)26)24(29)15-6-4-3-5-14(15)23(16)28/h3-11H,12H2,1-2H3. The Kier molecular flexibility index (Phi) is 5.98. The van der Waals surface area contributed by atoms with Crippen LogP contribution in [0.5, 0.6) is 11.5 Å². The summed E-state index contributed by atoms with van der Waals surface area (Å²) in [5.41, 5.74) is 0.695. The highest BCUT2D eigenvalue weighted by molar-refractivity contribution is 6.41. The van der Waals surface area contributed by atoms with E-state index in [0.717, 1.165) is 0 Å². The van der Waals surface area contributed by atoms with E-state index in [2.05, 4.69) is 0 Å². The summed E-state index contributed by atoms with van der Waals surface area (Å²) in [7, 11) is 2.91. The first-order valence-electron chi connectivity index (χ1n) is 9.80. The van der Waals surface area contributed by atoms with Gasteiger partial charge >= 0.3 is 5.97 Å². The molecule has 0 saturated carbocycles. The van der Waals surface area contributed by atoms with Gasteiger partial charge in [-0.15, -0.1) is 0 Å². The molecular weight excluding hydrogens is 448 g/mol. The fraction of sp³-hybridized carbons (Fsp3) is 0.120. The van der Waals surface area contributed by atoms with E-state index < -0.39 is 24.1 Å². The molecule has 3 aromatic carbocycles. The Morgan fingerprint density at radius 1 is 0.818 bits per heavy atom. The van der Waals surface area contributed by atoms with Crippen molar-refractivity contribution in [3.05, 3.63) is 93.0 Å². The minimum absolute atomic E-state index is 0.0546. The van der Waals surface area contributed by atoms with Crippen LogP contribution in [0.1, 0.15) is 52.6 Å². The molecule has 0 atom stereocenters. The number of carbonyl (C=O) groups excluding carboxylic acids is 4. The van der Waals surface area contributed by atoms with Gasteiger partial charge in [-0.25, -0.2) is 4.79 Å². The van der Waals surface area contributed by atoms with Gasteiger partial charge in [0.1, 0.15) is 0 Å². The second-order valence-corrected chi connectivity index (χ2v) is 7.50. The van der Waals surface area contributed by atoms with Crippen molar-refractivity contribution >= 4 is 34.9 Å². The van der Waals surface area contributed by atoms with Gasteiger partial charge in [-0.3, -0.25) is 14.4 Å². The second-order valence-electron chi connectivity index (χ2n) is 7.12. The van der Waals surface area contributed by atoms with Gasteiger partial charge in [0.25, 0.3) is 0 Å². The van der Waals surface area contributed by atoms with Crippen molar-refractivity contribution in [2.75, 3.05) is 20.8 Å². The molecule has 4 rings (SSSR count). The lowest BCUT2D eigenvalue weighted by Crippen LogP contribution is -2.23. The lowest BCUT2D eigenvalue weighted by atomic mass is 9.83. The van der Waals surface area contributed by atoms with E-state index in [0.29, 0.717) is 11.5 Å². The van der Waals surface area contributed by atoms with Gasteiger partial charge < -0.3 is 14.2 Å². The molecule has 1 aliphatic rings. The SMILES string of the molecule is COc1ccc(C(=O)COC(=O)c2ccc3c(c2Cl)C(=O)c2ccccc2C3=O)cc1OC. The molecule has 0 fully saturated rings. The maximum atomic E-state index is 12.9. The highest BCUT2D eigenvalue weighted by Crippen LogP contribution is 2.34. The first-order chi connectivity index (χ1) is 15.9. The predicted molar refractivity (Wildman–Crippen MR) is 119 cm³/mol. The molecule has 0 saturated heterocycles. The van der Waals surface area contributed by atoms with Crippen molar-refractivity contribution in [3.63, 3.8) is 0 Å². The zero-order chi connectivity index (χ0) is 23.7. The lowest BCUT2D eigenvalue weighted by Gasteiger charge is -2.19. The summed E-state index contributed by atoms with van der Waals surface area (Å²) in [6.07, 6.45) is 0. The number of hydrogen-bond acceptors (Lipinski definition) is 7. The number of hydrogen-bond donors (Lipinski definition) is 0. The van der Waals surface area contributed by atoms with Crippen molar-refractivity contribution in [1.82, 2.24) is 0 Å². The minimum Gasteiger partial charge on any atom is -0.493 e. The third-order valence-corrected chi connectivity index (χ3v) is 5.68. The van der Waals surface area contributed by atoms with Crippen LogP contribution in [0.15, 0.2) is 54.6 Å². The summed E-state index contributed by atoms with van der Waals surface area (Å²) < 4.78 is 15.4. The molecule has 0 unspecified atom stereocenters. The largest absolute Gasteiger partial charge is 0.493 e. The van der Waals surface area contributed by atoms with E-state index in [9.17, 15) is 19.2 Å². The normalized spacial score (nSPS) is 12.0. The summed E-state index contributed by atoms with van der Waals surface area (Å²) >= 11 is 6.36. The summed E-state index contributed by atoms with van der Waals surface area (Å²) in [6.45, 7) is -0.558. The number of benzene rings is 3. The molecule has 0 aromatic heterocycles. The lowest BCUT2D eigenvalue weighted by molar-refractivity contribution is 0.0474. The number of ether oxygens (including phenoxy) is 3. The molecule has 0 radical (unpaired) electrons. The monoisotopic (exact) mass is 464 g/mol. The van der Waals surface area contributed by atoms with E-state index in [1.165, 1.54) is 44.6 Å². The van der Waals surface area contributed by atoms with Crippen LogP contribution in [0.3, 0.4) is 0 Å². The molecular formula is C25H17ClO7. The number of esters is 1. The molecule has 0 heterocycles. The van der Waals surface area contributed by atoms with Gasteiger partial charge in [0.15, 0.2) is 35.5 Å². The van der Waals surface area contributed by atoms with E-state index in [4.69, 9.17) is 25.8 Å². The van der Waals surface area contributed by atoms with Crippen LogP contribution < -0.4 is 9.47 Å². The van der Waals surface area contributed by atoms with Crippen molar-refractivity contribution in [2.45, 2.75) is 0 Å². The Balaban J connectivity index is 1.56. The van der Waals surface area contributed by atoms with Gasteiger partial charge in [-0.1, -0.05) is 35.9 Å². The van der Waals surface area contributed by atoms with Crippen LogP contribution in [0.25, 0.3) is 0 Å². The Hall–Kier alpha value is -3.97. The summed E-state index contributed by atoms with van der Waals surface area (Å²) in [5, 5.41) is -0.191. The third kappa shape index (κ3) is 3.87. The van der Waals surface area contributed by atoms with E-state index in [1.54, 1.807) is 24.3 Å². The number of carbonyl (C=O) groups is 4. The van der Waals surface area contributed by atoms with Crippen molar-refractivity contribution in [3.8, 4) is 11.5 Å². The maximum Gasteiger partial charge on any atom is 0.340 e. The Bertz CT molecular complexity index is 1330. The van der Waals surface area contributed by atoms with Crippen LogP contribution in [0, 0.1) is 0 Å². The third-order valence-electron chi connectivity index (χ3n) is 5.29. The molecule has 8 heteroatoms. The molecule has 3 aromatic rings. The molecule has 0 amide bonds. The summed E-state index contributed by atoms with van der Waals surface area (Å²) in [6, 6.07) is 13.6. The number of ketones is 3. The second kappa shape index (κ2) is 8.88. The highest BCUT2D eigenvalue weighted by atomic mass is 35.5. The fourth-order valence-electron chi connectivity index (χ4n) is 3.61.